The van der Waals surface area contributed by atoms with Gasteiger partial charge in [-0.1, -0.05) is 24.1 Å². The molecule has 2 aromatic carbocycles. The molecule has 3 aromatic rings. The summed E-state index contributed by atoms with van der Waals surface area (Å²) in [7, 11) is 1.88. The smallest absolute Gasteiger partial charge is 0.255 e. The molecule has 0 unspecified atom stereocenters. The number of rotatable bonds is 7. The van der Waals surface area contributed by atoms with Crippen molar-refractivity contribution in [3.05, 3.63) is 63.7 Å². The number of nitrogens with one attached hydrogen (secondary N) is 1. The summed E-state index contributed by atoms with van der Waals surface area (Å²) >= 11 is 9.62. The van der Waals surface area contributed by atoms with Crippen LogP contribution in [0.1, 0.15) is 29.6 Å². The molecule has 0 radical (unpaired) electrons. The van der Waals surface area contributed by atoms with Crippen LogP contribution in [-0.2, 0) is 7.05 Å². The quantitative estimate of drug-likeness (QED) is 0.442. The lowest BCUT2D eigenvalue weighted by Gasteiger charge is -2.26. The van der Waals surface area contributed by atoms with Gasteiger partial charge in [-0.25, -0.2) is 0 Å². The molecule has 0 atom stereocenters. The fraction of sp³-hybridized carbons (Fsp3) is 0.333. The van der Waals surface area contributed by atoms with E-state index in [1.807, 2.05) is 25.2 Å². The maximum atomic E-state index is 12.7. The third-order valence-corrected chi connectivity index (χ3v) is 6.40. The van der Waals surface area contributed by atoms with E-state index >= 15 is 0 Å². The van der Waals surface area contributed by atoms with Crippen LogP contribution in [0.2, 0.25) is 5.02 Å². The van der Waals surface area contributed by atoms with Gasteiger partial charge in [0.25, 0.3) is 5.91 Å². The van der Waals surface area contributed by atoms with Gasteiger partial charge in [0, 0.05) is 35.4 Å². The zero-order chi connectivity index (χ0) is 22.5. The normalized spacial score (nSPS) is 14.3. The number of anilines is 1. The van der Waals surface area contributed by atoms with Crippen LogP contribution < -0.4 is 10.1 Å². The third kappa shape index (κ3) is 5.52. The van der Waals surface area contributed by atoms with Crippen molar-refractivity contribution in [2.45, 2.75) is 19.3 Å². The predicted molar refractivity (Wildman–Crippen MR) is 132 cm³/mol. The molecule has 6 nitrogen and oxygen atoms in total. The molecule has 1 fully saturated rings. The Hall–Kier alpha value is -2.35. The number of nitrogens with zero attached hydrogens (tertiary/aromatic N) is 3. The minimum absolute atomic E-state index is 0.221. The van der Waals surface area contributed by atoms with Gasteiger partial charge in [0.15, 0.2) is 0 Å². The second kappa shape index (κ2) is 10.5. The first-order valence-electron chi connectivity index (χ1n) is 10.8. The van der Waals surface area contributed by atoms with E-state index in [-0.39, 0.29) is 5.91 Å². The number of carbonyl (C=O) groups excluding carboxylic acids is 1. The van der Waals surface area contributed by atoms with Crippen molar-refractivity contribution < 1.29 is 9.53 Å². The van der Waals surface area contributed by atoms with E-state index in [9.17, 15) is 4.79 Å². The third-order valence-electron chi connectivity index (χ3n) is 5.59. The SMILES string of the molecule is Cn1ncc(Br)c1-c1cc(NC(=O)c2cccc(Cl)c2)ccc1OCCN1CCCCC1. The van der Waals surface area contributed by atoms with Crippen molar-refractivity contribution in [1.82, 2.24) is 14.7 Å². The first-order chi connectivity index (χ1) is 15.5. The summed E-state index contributed by atoms with van der Waals surface area (Å²) in [5.41, 5.74) is 2.92. The molecule has 0 saturated carbocycles. The highest BCUT2D eigenvalue weighted by Crippen LogP contribution is 2.37. The minimum atomic E-state index is -0.221. The van der Waals surface area contributed by atoms with Crippen LogP contribution in [0.5, 0.6) is 5.75 Å². The maximum absolute atomic E-state index is 12.7. The summed E-state index contributed by atoms with van der Waals surface area (Å²) in [5, 5.41) is 7.82. The van der Waals surface area contributed by atoms with E-state index in [0.717, 1.165) is 41.1 Å². The molecule has 8 heteroatoms. The number of hydrogen-bond acceptors (Lipinski definition) is 4. The van der Waals surface area contributed by atoms with Gasteiger partial charge < -0.3 is 10.1 Å². The van der Waals surface area contributed by atoms with Crippen molar-refractivity contribution in [1.29, 1.82) is 0 Å². The molecule has 32 heavy (non-hydrogen) atoms. The number of piperidine rings is 1. The first kappa shape index (κ1) is 22.8. The van der Waals surface area contributed by atoms with E-state index in [4.69, 9.17) is 16.3 Å². The van der Waals surface area contributed by atoms with Crippen LogP contribution >= 0.6 is 27.5 Å². The molecule has 168 valence electrons. The lowest BCUT2D eigenvalue weighted by Crippen LogP contribution is -2.33. The minimum Gasteiger partial charge on any atom is -0.492 e. The summed E-state index contributed by atoms with van der Waals surface area (Å²) in [6.45, 7) is 3.78. The molecule has 1 aliphatic heterocycles. The molecule has 0 aliphatic carbocycles. The average molecular weight is 518 g/mol. The summed E-state index contributed by atoms with van der Waals surface area (Å²) in [6.07, 6.45) is 5.59. The van der Waals surface area contributed by atoms with Crippen LogP contribution in [0.25, 0.3) is 11.3 Å². The molecule has 1 aromatic heterocycles. The van der Waals surface area contributed by atoms with E-state index in [1.54, 1.807) is 35.1 Å². The van der Waals surface area contributed by atoms with Crippen LogP contribution in [0.3, 0.4) is 0 Å². The first-order valence-corrected chi connectivity index (χ1v) is 11.9. The summed E-state index contributed by atoms with van der Waals surface area (Å²) in [5.74, 6) is 0.536. The van der Waals surface area contributed by atoms with Crippen molar-refractivity contribution in [2.75, 3.05) is 31.6 Å². The molecule has 4 rings (SSSR count). The summed E-state index contributed by atoms with van der Waals surface area (Å²) in [6, 6.07) is 12.6. The van der Waals surface area contributed by atoms with Gasteiger partial charge in [-0.15, -0.1) is 0 Å². The number of ether oxygens (including phenoxy) is 1. The summed E-state index contributed by atoms with van der Waals surface area (Å²) < 4.78 is 8.85. The van der Waals surface area contributed by atoms with Crippen LogP contribution in [0.15, 0.2) is 53.1 Å². The number of likely N-dealkylation sites (tertiary alicyclic amines) is 1. The average Bonchev–Trinajstić information content (AvgIpc) is 3.13. The molecule has 1 aliphatic rings. The zero-order valence-electron chi connectivity index (χ0n) is 18.0. The van der Waals surface area contributed by atoms with E-state index < -0.39 is 0 Å². The standard InChI is InChI=1S/C24H26BrClN4O2/c1-29-23(21(25)16-27-29)20-15-19(28-24(31)17-6-5-7-18(26)14-17)8-9-22(20)32-13-12-30-10-3-2-4-11-30/h5-9,14-16H,2-4,10-13H2,1H3,(H,28,31). The number of benzene rings is 2. The van der Waals surface area contributed by atoms with Gasteiger partial charge in [-0.05, 0) is 78.3 Å². The van der Waals surface area contributed by atoms with Gasteiger partial charge in [0.1, 0.15) is 12.4 Å². The Labute approximate surface area is 201 Å². The Morgan fingerprint density at radius 1 is 1.19 bits per heavy atom. The number of halogens is 2. The Morgan fingerprint density at radius 3 is 2.72 bits per heavy atom. The monoisotopic (exact) mass is 516 g/mol. The van der Waals surface area contributed by atoms with Gasteiger partial charge in [0.2, 0.25) is 0 Å². The number of aryl methyl sites for hydroxylation is 1. The Bertz CT molecular complexity index is 1080. The fourth-order valence-corrected chi connectivity index (χ4v) is 4.69. The zero-order valence-corrected chi connectivity index (χ0v) is 20.3. The van der Waals surface area contributed by atoms with Crippen molar-refractivity contribution in [3.8, 4) is 17.0 Å². The predicted octanol–water partition coefficient (Wildman–Crippen LogP) is 5.62. The second-order valence-electron chi connectivity index (χ2n) is 7.89. The lowest BCUT2D eigenvalue weighted by atomic mass is 10.1. The molecule has 0 spiro atoms. The molecule has 1 N–H and O–H groups in total. The van der Waals surface area contributed by atoms with Crippen molar-refractivity contribution in [2.24, 2.45) is 7.05 Å². The second-order valence-corrected chi connectivity index (χ2v) is 9.18. The van der Waals surface area contributed by atoms with Crippen molar-refractivity contribution in [3.63, 3.8) is 0 Å². The topological polar surface area (TPSA) is 59.4 Å². The van der Waals surface area contributed by atoms with Gasteiger partial charge in [-0.2, -0.15) is 5.10 Å². The molecular formula is C24H26BrClN4O2. The van der Waals surface area contributed by atoms with E-state index in [2.05, 4.69) is 31.2 Å². The molecule has 1 amide bonds. The van der Waals surface area contributed by atoms with Crippen LogP contribution in [-0.4, -0.2) is 46.8 Å². The number of aromatic nitrogens is 2. The number of hydrogen-bond donors (Lipinski definition) is 1. The number of carbonyl (C=O) groups is 1. The number of amides is 1. The maximum Gasteiger partial charge on any atom is 0.255 e. The molecule has 0 bridgehead atoms. The Kier molecular flexibility index (Phi) is 7.50. The largest absolute Gasteiger partial charge is 0.492 e. The van der Waals surface area contributed by atoms with E-state index in [1.165, 1.54) is 19.3 Å². The van der Waals surface area contributed by atoms with Crippen LogP contribution in [0.4, 0.5) is 5.69 Å². The molecule has 2 heterocycles. The summed E-state index contributed by atoms with van der Waals surface area (Å²) in [4.78, 5) is 15.1. The highest BCUT2D eigenvalue weighted by Gasteiger charge is 2.17. The fourth-order valence-electron chi connectivity index (χ4n) is 3.93. The van der Waals surface area contributed by atoms with Gasteiger partial charge in [0.05, 0.1) is 16.4 Å². The highest BCUT2D eigenvalue weighted by molar-refractivity contribution is 9.10. The Balaban J connectivity index is 1.55. The molecular weight excluding hydrogens is 492 g/mol. The van der Waals surface area contributed by atoms with E-state index in [0.29, 0.717) is 22.9 Å². The Morgan fingerprint density at radius 2 is 2.00 bits per heavy atom. The van der Waals surface area contributed by atoms with Gasteiger partial charge >= 0.3 is 0 Å². The van der Waals surface area contributed by atoms with Crippen LogP contribution in [0, 0.1) is 0 Å². The van der Waals surface area contributed by atoms with Gasteiger partial charge in [-0.3, -0.25) is 14.4 Å². The molecule has 1 saturated heterocycles. The lowest BCUT2D eigenvalue weighted by molar-refractivity contribution is 0.102. The van der Waals surface area contributed by atoms with Crippen molar-refractivity contribution >= 4 is 39.1 Å². The highest BCUT2D eigenvalue weighted by atomic mass is 79.9.